The second-order valence-corrected chi connectivity index (χ2v) is 10.7. The first-order valence-electron chi connectivity index (χ1n) is 10.2. The topological polar surface area (TPSA) is 114 Å². The van der Waals surface area contributed by atoms with Gasteiger partial charge in [-0.1, -0.05) is 6.07 Å². The highest BCUT2D eigenvalue weighted by atomic mass is 32.2. The van der Waals surface area contributed by atoms with Gasteiger partial charge in [0.15, 0.2) is 15.5 Å². The highest BCUT2D eigenvalue weighted by Crippen LogP contribution is 2.49. The van der Waals surface area contributed by atoms with Crippen LogP contribution < -0.4 is 16.4 Å². The molecule has 4 N–H and O–H groups in total. The minimum Gasteiger partial charge on any atom is -0.367 e. The molecule has 0 saturated heterocycles. The van der Waals surface area contributed by atoms with Crippen LogP contribution in [-0.2, 0) is 21.0 Å². The van der Waals surface area contributed by atoms with Crippen LogP contribution in [0.1, 0.15) is 36.8 Å². The Morgan fingerprint density at radius 2 is 2.03 bits per heavy atom. The second-order valence-electron chi connectivity index (χ2n) is 8.60. The largest absolute Gasteiger partial charge is 0.367 e. The number of nitrogens with two attached hydrogens (primary N) is 1. The SMILES string of the molecule is CS(=O)(=O)Cc1cc(Nc2cc(NC3CC3)n3nccc3n2)ccc1C1(CN)CC1. The second kappa shape index (κ2) is 6.95. The Kier molecular flexibility index (Phi) is 4.48. The Labute approximate surface area is 175 Å². The maximum Gasteiger partial charge on any atom is 0.159 e. The Bertz CT molecular complexity index is 1210. The molecule has 30 heavy (non-hydrogen) atoms. The minimum absolute atomic E-state index is 0.00315. The summed E-state index contributed by atoms with van der Waals surface area (Å²) in [5, 5.41) is 11.2. The fraction of sp³-hybridized carbons (Fsp3) is 0.429. The number of nitrogens with one attached hydrogen (secondary N) is 2. The minimum atomic E-state index is -3.17. The van der Waals surface area contributed by atoms with Crippen molar-refractivity contribution >= 4 is 32.8 Å². The molecule has 2 saturated carbocycles. The molecule has 0 radical (unpaired) electrons. The maximum atomic E-state index is 12.0. The van der Waals surface area contributed by atoms with Crippen molar-refractivity contribution < 1.29 is 8.42 Å². The zero-order valence-electron chi connectivity index (χ0n) is 16.9. The molecule has 2 fully saturated rings. The van der Waals surface area contributed by atoms with Crippen LogP contribution in [0.15, 0.2) is 36.5 Å². The standard InChI is InChI=1S/C21H26N6O2S/c1-30(28,29)12-14-10-16(4-5-17(14)21(13-22)7-8-21)24-18-11-20(25-15-2-3-15)27-19(26-18)6-9-23-27/h4-6,9-11,15,25H,2-3,7-8,12-13,22H2,1H3,(H,24,26). The Balaban J connectivity index is 1.49. The lowest BCUT2D eigenvalue weighted by Gasteiger charge is -2.19. The molecule has 2 aliphatic rings. The summed E-state index contributed by atoms with van der Waals surface area (Å²) in [7, 11) is -3.17. The van der Waals surface area contributed by atoms with Crippen molar-refractivity contribution in [3.8, 4) is 0 Å². The highest BCUT2D eigenvalue weighted by molar-refractivity contribution is 7.89. The van der Waals surface area contributed by atoms with Crippen molar-refractivity contribution in [3.63, 3.8) is 0 Å². The smallest absolute Gasteiger partial charge is 0.159 e. The molecule has 8 nitrogen and oxygen atoms in total. The number of benzene rings is 1. The Hall–Kier alpha value is -2.65. The predicted molar refractivity (Wildman–Crippen MR) is 118 cm³/mol. The van der Waals surface area contributed by atoms with Gasteiger partial charge >= 0.3 is 0 Å². The van der Waals surface area contributed by atoms with Gasteiger partial charge in [-0.3, -0.25) is 0 Å². The Morgan fingerprint density at radius 3 is 2.70 bits per heavy atom. The van der Waals surface area contributed by atoms with E-state index in [1.165, 1.54) is 6.26 Å². The molecule has 0 bridgehead atoms. The van der Waals surface area contributed by atoms with Gasteiger partial charge in [-0.2, -0.15) is 9.61 Å². The number of rotatable bonds is 8. The van der Waals surface area contributed by atoms with Crippen molar-refractivity contribution in [2.45, 2.75) is 42.9 Å². The molecule has 0 amide bonds. The lowest BCUT2D eigenvalue weighted by atomic mass is 9.91. The van der Waals surface area contributed by atoms with Gasteiger partial charge in [0.05, 0.1) is 11.9 Å². The molecular weight excluding hydrogens is 400 g/mol. The van der Waals surface area contributed by atoms with Gasteiger partial charge < -0.3 is 16.4 Å². The summed E-state index contributed by atoms with van der Waals surface area (Å²) in [5.74, 6) is 1.58. The number of hydrogen-bond donors (Lipinski definition) is 3. The predicted octanol–water partition coefficient (Wildman–Crippen LogP) is 2.58. The molecule has 3 aromatic rings. The zero-order valence-corrected chi connectivity index (χ0v) is 17.7. The zero-order chi connectivity index (χ0) is 20.9. The van der Waals surface area contributed by atoms with Gasteiger partial charge in [0, 0.05) is 42.1 Å². The fourth-order valence-corrected chi connectivity index (χ4v) is 4.79. The number of fused-ring (bicyclic) bond motifs is 1. The van der Waals surface area contributed by atoms with Gasteiger partial charge in [0.2, 0.25) is 0 Å². The lowest BCUT2D eigenvalue weighted by Crippen LogP contribution is -2.22. The quantitative estimate of drug-likeness (QED) is 0.507. The van der Waals surface area contributed by atoms with E-state index in [0.717, 1.165) is 54.0 Å². The molecule has 2 heterocycles. The summed E-state index contributed by atoms with van der Waals surface area (Å²) in [5.41, 5.74) is 9.35. The third kappa shape index (κ3) is 3.87. The van der Waals surface area contributed by atoms with Gasteiger partial charge in [0.1, 0.15) is 11.6 Å². The van der Waals surface area contributed by atoms with Crippen LogP contribution in [0.5, 0.6) is 0 Å². The van der Waals surface area contributed by atoms with E-state index >= 15 is 0 Å². The molecule has 1 aromatic carbocycles. The van der Waals surface area contributed by atoms with Gasteiger partial charge in [-0.05, 0) is 48.9 Å². The number of nitrogens with zero attached hydrogens (tertiary/aromatic N) is 3. The monoisotopic (exact) mass is 426 g/mol. The first-order valence-corrected chi connectivity index (χ1v) is 12.3. The average molecular weight is 427 g/mol. The summed E-state index contributed by atoms with van der Waals surface area (Å²) in [6.07, 6.45) is 7.32. The third-order valence-electron chi connectivity index (χ3n) is 5.90. The fourth-order valence-electron chi connectivity index (χ4n) is 3.99. The Morgan fingerprint density at radius 1 is 1.23 bits per heavy atom. The summed E-state index contributed by atoms with van der Waals surface area (Å²) >= 11 is 0. The maximum absolute atomic E-state index is 12.0. The molecule has 0 spiro atoms. The highest BCUT2D eigenvalue weighted by Gasteiger charge is 2.44. The van der Waals surface area contributed by atoms with E-state index in [1.54, 1.807) is 10.7 Å². The van der Waals surface area contributed by atoms with E-state index in [0.29, 0.717) is 18.4 Å². The van der Waals surface area contributed by atoms with E-state index < -0.39 is 9.84 Å². The van der Waals surface area contributed by atoms with E-state index in [2.05, 4.69) is 20.7 Å². The summed E-state index contributed by atoms with van der Waals surface area (Å²) in [6, 6.07) is 10.2. The third-order valence-corrected chi connectivity index (χ3v) is 6.74. The van der Waals surface area contributed by atoms with Crippen LogP contribution in [0.3, 0.4) is 0 Å². The first-order chi connectivity index (χ1) is 14.4. The molecule has 5 rings (SSSR count). The van der Waals surface area contributed by atoms with Crippen molar-refractivity contribution in [1.82, 2.24) is 14.6 Å². The number of aromatic nitrogens is 3. The average Bonchev–Trinajstić information content (AvgIpc) is 3.60. The van der Waals surface area contributed by atoms with Crippen molar-refractivity contribution in [2.24, 2.45) is 5.73 Å². The lowest BCUT2D eigenvalue weighted by molar-refractivity contribution is 0.600. The van der Waals surface area contributed by atoms with E-state index in [1.807, 2.05) is 30.3 Å². The number of sulfone groups is 1. The summed E-state index contributed by atoms with van der Waals surface area (Å²) < 4.78 is 25.9. The van der Waals surface area contributed by atoms with Crippen LogP contribution in [0, 0.1) is 0 Å². The normalized spacial score (nSPS) is 17.8. The molecule has 0 unspecified atom stereocenters. The van der Waals surface area contributed by atoms with Crippen LogP contribution in [0.2, 0.25) is 0 Å². The van der Waals surface area contributed by atoms with Gasteiger partial charge in [0.25, 0.3) is 0 Å². The molecule has 0 aliphatic heterocycles. The van der Waals surface area contributed by atoms with Crippen LogP contribution >= 0.6 is 0 Å². The van der Waals surface area contributed by atoms with Crippen LogP contribution in [-0.4, -0.2) is 41.9 Å². The van der Waals surface area contributed by atoms with E-state index in [-0.39, 0.29) is 11.2 Å². The molecule has 2 aliphatic carbocycles. The van der Waals surface area contributed by atoms with E-state index in [4.69, 9.17) is 5.73 Å². The van der Waals surface area contributed by atoms with Crippen molar-refractivity contribution in [1.29, 1.82) is 0 Å². The van der Waals surface area contributed by atoms with Gasteiger partial charge in [-0.15, -0.1) is 0 Å². The summed E-state index contributed by atoms with van der Waals surface area (Å²) in [4.78, 5) is 4.63. The van der Waals surface area contributed by atoms with Crippen molar-refractivity contribution in [2.75, 3.05) is 23.4 Å². The number of anilines is 3. The molecule has 158 valence electrons. The molecule has 0 atom stereocenters. The summed E-state index contributed by atoms with van der Waals surface area (Å²) in [6.45, 7) is 0.534. The van der Waals surface area contributed by atoms with E-state index in [9.17, 15) is 8.42 Å². The van der Waals surface area contributed by atoms with Crippen LogP contribution in [0.25, 0.3) is 5.65 Å². The number of hydrogen-bond acceptors (Lipinski definition) is 7. The van der Waals surface area contributed by atoms with Gasteiger partial charge in [-0.25, -0.2) is 13.4 Å². The first kappa shape index (κ1) is 19.3. The van der Waals surface area contributed by atoms with Crippen LogP contribution in [0.4, 0.5) is 17.3 Å². The molecule has 9 heteroatoms. The van der Waals surface area contributed by atoms with Crippen molar-refractivity contribution in [3.05, 3.63) is 47.7 Å². The molecule has 2 aromatic heterocycles. The molecular formula is C21H26N6O2S.